The molecule has 0 spiro atoms. The number of nitrogens with zero attached hydrogens (tertiary/aromatic N) is 1. The van der Waals surface area contributed by atoms with Crippen molar-refractivity contribution in [3.8, 4) is 0 Å². The van der Waals surface area contributed by atoms with Crippen LogP contribution in [0.1, 0.15) is 5.56 Å². The zero-order valence-corrected chi connectivity index (χ0v) is 11.2. The molecule has 0 radical (unpaired) electrons. The van der Waals surface area contributed by atoms with E-state index in [1.807, 2.05) is 4.90 Å². The second kappa shape index (κ2) is 5.89. The van der Waals surface area contributed by atoms with Crippen molar-refractivity contribution in [1.82, 2.24) is 10.2 Å². The van der Waals surface area contributed by atoms with Crippen molar-refractivity contribution >= 4 is 29.2 Å². The molecule has 6 heteroatoms. The lowest BCUT2D eigenvalue weighted by Crippen LogP contribution is -2.54. The summed E-state index contributed by atoms with van der Waals surface area (Å²) in [6.07, 6.45) is 0. The average molecular weight is 289 g/mol. The van der Waals surface area contributed by atoms with Crippen LogP contribution in [0.4, 0.5) is 0 Å². The first-order valence-corrected chi connectivity index (χ1v) is 6.45. The summed E-state index contributed by atoms with van der Waals surface area (Å²) in [7, 11) is 0. The molecule has 0 aromatic heterocycles. The van der Waals surface area contributed by atoms with E-state index in [0.717, 1.165) is 12.1 Å². The van der Waals surface area contributed by atoms with E-state index in [2.05, 4.69) is 5.32 Å². The van der Waals surface area contributed by atoms with Crippen LogP contribution in [0, 0.1) is 0 Å². The molecular formula is C12H14Cl2N2O2. The number of rotatable bonds is 3. The topological polar surface area (TPSA) is 52.6 Å². The van der Waals surface area contributed by atoms with Crippen LogP contribution in [0.3, 0.4) is 0 Å². The van der Waals surface area contributed by atoms with E-state index in [0.29, 0.717) is 29.7 Å². The minimum atomic E-state index is -0.819. The highest BCUT2D eigenvalue weighted by atomic mass is 35.5. The smallest absolute Gasteiger partial charge is 0.322 e. The third-order valence-corrected chi connectivity index (χ3v) is 3.62. The van der Waals surface area contributed by atoms with Gasteiger partial charge in [0.25, 0.3) is 0 Å². The first kappa shape index (κ1) is 13.6. The molecule has 1 aliphatic heterocycles. The molecule has 2 rings (SSSR count). The Balaban J connectivity index is 2.15. The minimum absolute atomic E-state index is 0.452. The fraction of sp³-hybridized carbons (Fsp3) is 0.417. The molecule has 0 amide bonds. The molecule has 4 nitrogen and oxygen atoms in total. The molecule has 1 fully saturated rings. The van der Waals surface area contributed by atoms with Gasteiger partial charge in [0, 0.05) is 36.2 Å². The molecule has 1 aliphatic rings. The first-order valence-electron chi connectivity index (χ1n) is 5.69. The maximum atomic E-state index is 11.2. The van der Waals surface area contributed by atoms with Gasteiger partial charge in [-0.2, -0.15) is 0 Å². The fourth-order valence-electron chi connectivity index (χ4n) is 2.06. The number of aliphatic carboxylic acids is 1. The monoisotopic (exact) mass is 288 g/mol. The van der Waals surface area contributed by atoms with Gasteiger partial charge in [-0.3, -0.25) is 9.69 Å². The maximum Gasteiger partial charge on any atom is 0.322 e. The van der Waals surface area contributed by atoms with Crippen LogP contribution in [0.25, 0.3) is 0 Å². The van der Waals surface area contributed by atoms with Crippen LogP contribution in [0.15, 0.2) is 18.2 Å². The Morgan fingerprint density at radius 3 is 3.00 bits per heavy atom. The van der Waals surface area contributed by atoms with Crippen LogP contribution in [-0.4, -0.2) is 41.7 Å². The SMILES string of the molecule is O=C(O)[C@H]1CNCCN1Cc1cc(Cl)ccc1Cl. The summed E-state index contributed by atoms with van der Waals surface area (Å²) in [5.41, 5.74) is 0.859. The van der Waals surface area contributed by atoms with Gasteiger partial charge >= 0.3 is 5.97 Å². The lowest BCUT2D eigenvalue weighted by Gasteiger charge is -2.33. The Kier molecular flexibility index (Phi) is 4.45. The van der Waals surface area contributed by atoms with Gasteiger partial charge in [0.1, 0.15) is 6.04 Å². The van der Waals surface area contributed by atoms with Crippen molar-refractivity contribution in [2.45, 2.75) is 12.6 Å². The third kappa shape index (κ3) is 3.14. The molecule has 2 N–H and O–H groups in total. The lowest BCUT2D eigenvalue weighted by atomic mass is 10.1. The van der Waals surface area contributed by atoms with E-state index in [-0.39, 0.29) is 0 Å². The van der Waals surface area contributed by atoms with Crippen LogP contribution in [0.5, 0.6) is 0 Å². The molecule has 0 aliphatic carbocycles. The fourth-order valence-corrected chi connectivity index (χ4v) is 2.43. The van der Waals surface area contributed by atoms with Gasteiger partial charge in [-0.25, -0.2) is 0 Å². The number of carbonyl (C=O) groups is 1. The molecule has 1 saturated heterocycles. The molecule has 1 aromatic carbocycles. The number of halogens is 2. The number of carboxylic acids is 1. The molecule has 1 heterocycles. The number of hydrogen-bond donors (Lipinski definition) is 2. The zero-order chi connectivity index (χ0) is 13.1. The van der Waals surface area contributed by atoms with Gasteiger partial charge in [0.15, 0.2) is 0 Å². The Labute approximate surface area is 115 Å². The summed E-state index contributed by atoms with van der Waals surface area (Å²) < 4.78 is 0. The van der Waals surface area contributed by atoms with Crippen molar-refractivity contribution in [2.24, 2.45) is 0 Å². The molecule has 18 heavy (non-hydrogen) atoms. The van der Waals surface area contributed by atoms with E-state index >= 15 is 0 Å². The van der Waals surface area contributed by atoms with Crippen LogP contribution in [-0.2, 0) is 11.3 Å². The second-order valence-electron chi connectivity index (χ2n) is 4.26. The van der Waals surface area contributed by atoms with Gasteiger partial charge in [-0.15, -0.1) is 0 Å². The average Bonchev–Trinajstić information content (AvgIpc) is 2.34. The highest BCUT2D eigenvalue weighted by Gasteiger charge is 2.28. The van der Waals surface area contributed by atoms with E-state index in [1.54, 1.807) is 18.2 Å². The number of nitrogens with one attached hydrogen (secondary N) is 1. The van der Waals surface area contributed by atoms with Crippen LogP contribution in [0.2, 0.25) is 10.0 Å². The highest BCUT2D eigenvalue weighted by Crippen LogP contribution is 2.23. The minimum Gasteiger partial charge on any atom is -0.480 e. The third-order valence-electron chi connectivity index (χ3n) is 3.02. The number of carboxylic acid groups (broad SMARTS) is 1. The van der Waals surface area contributed by atoms with Gasteiger partial charge in [0.2, 0.25) is 0 Å². The quantitative estimate of drug-likeness (QED) is 0.891. The summed E-state index contributed by atoms with van der Waals surface area (Å²) >= 11 is 12.0. The molecule has 0 bridgehead atoms. The van der Waals surface area contributed by atoms with Crippen molar-refractivity contribution in [1.29, 1.82) is 0 Å². The van der Waals surface area contributed by atoms with Crippen molar-refractivity contribution in [3.05, 3.63) is 33.8 Å². The second-order valence-corrected chi connectivity index (χ2v) is 5.11. The van der Waals surface area contributed by atoms with Crippen LogP contribution >= 0.6 is 23.2 Å². The molecule has 1 atom stereocenters. The molecule has 98 valence electrons. The Hall–Kier alpha value is -0.810. The van der Waals surface area contributed by atoms with E-state index in [9.17, 15) is 4.79 Å². The summed E-state index contributed by atoms with van der Waals surface area (Å²) in [6.45, 7) is 2.41. The number of hydrogen-bond acceptors (Lipinski definition) is 3. The normalized spacial score (nSPS) is 20.9. The van der Waals surface area contributed by atoms with E-state index < -0.39 is 12.0 Å². The van der Waals surface area contributed by atoms with Gasteiger partial charge in [-0.05, 0) is 23.8 Å². The van der Waals surface area contributed by atoms with Crippen LogP contribution < -0.4 is 5.32 Å². The summed E-state index contributed by atoms with van der Waals surface area (Å²) in [4.78, 5) is 13.1. The van der Waals surface area contributed by atoms with Gasteiger partial charge in [0.05, 0.1) is 0 Å². The summed E-state index contributed by atoms with van der Waals surface area (Å²) in [5.74, 6) is -0.819. The predicted molar refractivity (Wildman–Crippen MR) is 71.2 cm³/mol. The van der Waals surface area contributed by atoms with E-state index in [1.165, 1.54) is 0 Å². The standard InChI is InChI=1S/C12H14Cl2N2O2/c13-9-1-2-10(14)8(5-9)7-16-4-3-15-6-11(16)12(17)18/h1-2,5,11,15H,3-4,6-7H2,(H,17,18)/t11-/m1/s1. The van der Waals surface area contributed by atoms with Gasteiger partial charge < -0.3 is 10.4 Å². The lowest BCUT2D eigenvalue weighted by molar-refractivity contribution is -0.144. The predicted octanol–water partition coefficient (Wildman–Crippen LogP) is 1.85. The molecule has 1 aromatic rings. The van der Waals surface area contributed by atoms with E-state index in [4.69, 9.17) is 28.3 Å². The van der Waals surface area contributed by atoms with Crippen molar-refractivity contribution in [3.63, 3.8) is 0 Å². The molecule has 0 saturated carbocycles. The zero-order valence-electron chi connectivity index (χ0n) is 9.70. The Morgan fingerprint density at radius 1 is 1.50 bits per heavy atom. The highest BCUT2D eigenvalue weighted by molar-refractivity contribution is 6.33. The van der Waals surface area contributed by atoms with Crippen molar-refractivity contribution in [2.75, 3.05) is 19.6 Å². The summed E-state index contributed by atoms with van der Waals surface area (Å²) in [6, 6.07) is 4.72. The maximum absolute atomic E-state index is 11.2. The molecular weight excluding hydrogens is 275 g/mol. The molecule has 0 unspecified atom stereocenters. The largest absolute Gasteiger partial charge is 0.480 e. The van der Waals surface area contributed by atoms with Crippen molar-refractivity contribution < 1.29 is 9.90 Å². The first-order chi connectivity index (χ1) is 8.58. The summed E-state index contributed by atoms with van der Waals surface area (Å²) in [5, 5.41) is 13.5. The number of piperazine rings is 1. The Bertz CT molecular complexity index is 454. The number of benzene rings is 1. The van der Waals surface area contributed by atoms with Gasteiger partial charge in [-0.1, -0.05) is 23.2 Å². The Morgan fingerprint density at radius 2 is 2.28 bits per heavy atom.